The lowest BCUT2D eigenvalue weighted by atomic mass is 9.84. The zero-order valence-electron chi connectivity index (χ0n) is 10.9. The standard InChI is InChI=1S/C12H23N3O2.ClH/c1-9(10-5-3-2-4-6-10)15-12(17)8-14-11(16)7-13;/h9-10H,2-8,13H2,1H3,(H,14,16)(H,15,17);1H. The van der Waals surface area contributed by atoms with E-state index in [0.29, 0.717) is 5.92 Å². The van der Waals surface area contributed by atoms with Gasteiger partial charge < -0.3 is 16.4 Å². The third-order valence-electron chi connectivity index (χ3n) is 3.38. The van der Waals surface area contributed by atoms with Gasteiger partial charge in [-0.25, -0.2) is 0 Å². The van der Waals surface area contributed by atoms with Gasteiger partial charge in [0, 0.05) is 6.04 Å². The number of nitrogens with one attached hydrogen (secondary N) is 2. The lowest BCUT2D eigenvalue weighted by Crippen LogP contribution is -2.45. The molecule has 0 spiro atoms. The summed E-state index contributed by atoms with van der Waals surface area (Å²) in [6, 6.07) is 0.192. The molecule has 0 aliphatic heterocycles. The van der Waals surface area contributed by atoms with Gasteiger partial charge in [-0.1, -0.05) is 19.3 Å². The van der Waals surface area contributed by atoms with Gasteiger partial charge in [-0.05, 0) is 25.7 Å². The van der Waals surface area contributed by atoms with E-state index in [9.17, 15) is 9.59 Å². The van der Waals surface area contributed by atoms with Crippen molar-refractivity contribution in [2.24, 2.45) is 11.7 Å². The van der Waals surface area contributed by atoms with E-state index in [0.717, 1.165) is 0 Å². The van der Waals surface area contributed by atoms with Crippen LogP contribution in [0, 0.1) is 5.92 Å². The molecule has 4 N–H and O–H groups in total. The van der Waals surface area contributed by atoms with Crippen molar-refractivity contribution in [3.8, 4) is 0 Å². The average molecular weight is 278 g/mol. The van der Waals surface area contributed by atoms with Crippen molar-refractivity contribution >= 4 is 24.2 Å². The van der Waals surface area contributed by atoms with Crippen LogP contribution < -0.4 is 16.4 Å². The monoisotopic (exact) mass is 277 g/mol. The Kier molecular flexibility index (Phi) is 8.75. The molecule has 1 aliphatic carbocycles. The average Bonchev–Trinajstić information content (AvgIpc) is 2.36. The van der Waals surface area contributed by atoms with Crippen molar-refractivity contribution in [2.45, 2.75) is 45.1 Å². The van der Waals surface area contributed by atoms with Crippen molar-refractivity contribution in [3.63, 3.8) is 0 Å². The Morgan fingerprint density at radius 3 is 2.39 bits per heavy atom. The molecule has 106 valence electrons. The summed E-state index contributed by atoms with van der Waals surface area (Å²) in [4.78, 5) is 22.4. The molecular weight excluding hydrogens is 254 g/mol. The summed E-state index contributed by atoms with van der Waals surface area (Å²) in [5.74, 6) is 0.147. The number of halogens is 1. The van der Waals surface area contributed by atoms with Gasteiger partial charge in [0.2, 0.25) is 11.8 Å². The maximum Gasteiger partial charge on any atom is 0.239 e. The third-order valence-corrected chi connectivity index (χ3v) is 3.38. The van der Waals surface area contributed by atoms with Crippen molar-refractivity contribution in [1.82, 2.24) is 10.6 Å². The Morgan fingerprint density at radius 1 is 1.22 bits per heavy atom. The van der Waals surface area contributed by atoms with E-state index in [1.165, 1.54) is 32.1 Å². The first kappa shape index (κ1) is 17.2. The van der Waals surface area contributed by atoms with Gasteiger partial charge >= 0.3 is 0 Å². The number of carbonyl (C=O) groups excluding carboxylic acids is 2. The molecule has 1 unspecified atom stereocenters. The molecule has 6 heteroatoms. The van der Waals surface area contributed by atoms with Crippen molar-refractivity contribution in [2.75, 3.05) is 13.1 Å². The van der Waals surface area contributed by atoms with E-state index in [1.807, 2.05) is 6.92 Å². The molecule has 0 aromatic heterocycles. The molecule has 1 saturated carbocycles. The summed E-state index contributed by atoms with van der Waals surface area (Å²) >= 11 is 0. The van der Waals surface area contributed by atoms with Gasteiger partial charge in [0.15, 0.2) is 0 Å². The molecule has 18 heavy (non-hydrogen) atoms. The second kappa shape index (κ2) is 9.16. The van der Waals surface area contributed by atoms with E-state index in [-0.39, 0.29) is 43.4 Å². The van der Waals surface area contributed by atoms with Crippen LogP contribution in [-0.2, 0) is 9.59 Å². The fourth-order valence-corrected chi connectivity index (χ4v) is 2.31. The summed E-state index contributed by atoms with van der Waals surface area (Å²) in [5, 5.41) is 5.40. The Bertz CT molecular complexity index is 268. The molecule has 1 atom stereocenters. The molecule has 1 aliphatic rings. The molecule has 0 bridgehead atoms. The normalized spacial score (nSPS) is 17.4. The summed E-state index contributed by atoms with van der Waals surface area (Å²) in [6.07, 6.45) is 6.21. The minimum atomic E-state index is -0.300. The molecule has 1 rings (SSSR count). The first-order chi connectivity index (χ1) is 8.13. The fraction of sp³-hybridized carbons (Fsp3) is 0.833. The van der Waals surface area contributed by atoms with Gasteiger partial charge in [-0.3, -0.25) is 9.59 Å². The minimum Gasteiger partial charge on any atom is -0.352 e. The largest absolute Gasteiger partial charge is 0.352 e. The van der Waals surface area contributed by atoms with Crippen molar-refractivity contribution in [1.29, 1.82) is 0 Å². The highest BCUT2D eigenvalue weighted by molar-refractivity contribution is 5.85. The van der Waals surface area contributed by atoms with E-state index in [4.69, 9.17) is 5.73 Å². The Hall–Kier alpha value is -0.810. The van der Waals surface area contributed by atoms with Crippen molar-refractivity contribution in [3.05, 3.63) is 0 Å². The first-order valence-electron chi connectivity index (χ1n) is 6.39. The number of hydrogen-bond acceptors (Lipinski definition) is 3. The molecule has 0 saturated heterocycles. The first-order valence-corrected chi connectivity index (χ1v) is 6.39. The third kappa shape index (κ3) is 6.21. The maximum atomic E-state index is 11.5. The second-order valence-electron chi connectivity index (χ2n) is 4.74. The highest BCUT2D eigenvalue weighted by atomic mass is 35.5. The number of hydrogen-bond donors (Lipinski definition) is 3. The van der Waals surface area contributed by atoms with Gasteiger partial charge in [-0.2, -0.15) is 0 Å². The number of rotatable bonds is 5. The molecule has 0 aromatic rings. The Morgan fingerprint density at radius 2 is 1.83 bits per heavy atom. The van der Waals surface area contributed by atoms with E-state index < -0.39 is 0 Å². The number of nitrogens with two attached hydrogens (primary N) is 1. The van der Waals surface area contributed by atoms with E-state index in [1.54, 1.807) is 0 Å². The molecule has 1 fully saturated rings. The summed E-state index contributed by atoms with van der Waals surface area (Å²) < 4.78 is 0. The lowest BCUT2D eigenvalue weighted by Gasteiger charge is -2.28. The molecule has 0 aromatic carbocycles. The predicted octanol–water partition coefficient (Wildman–Crippen LogP) is 0.568. The number of amides is 2. The van der Waals surface area contributed by atoms with Gasteiger partial charge in [0.25, 0.3) is 0 Å². The SMILES string of the molecule is CC(NC(=O)CNC(=O)CN)C1CCCCC1.Cl. The minimum absolute atomic E-state index is 0. The zero-order valence-corrected chi connectivity index (χ0v) is 11.7. The Labute approximate surface area is 115 Å². The van der Waals surface area contributed by atoms with Crippen LogP contribution >= 0.6 is 12.4 Å². The van der Waals surface area contributed by atoms with Crippen LogP contribution in [0.5, 0.6) is 0 Å². The number of carbonyl (C=O) groups is 2. The van der Waals surface area contributed by atoms with Crippen LogP contribution in [0.15, 0.2) is 0 Å². The van der Waals surface area contributed by atoms with Crippen LogP contribution in [-0.4, -0.2) is 30.9 Å². The van der Waals surface area contributed by atoms with Gasteiger partial charge in [-0.15, -0.1) is 12.4 Å². The van der Waals surface area contributed by atoms with Crippen LogP contribution in [0.4, 0.5) is 0 Å². The second-order valence-corrected chi connectivity index (χ2v) is 4.74. The fourth-order valence-electron chi connectivity index (χ4n) is 2.31. The van der Waals surface area contributed by atoms with E-state index in [2.05, 4.69) is 10.6 Å². The van der Waals surface area contributed by atoms with Gasteiger partial charge in [0.1, 0.15) is 0 Å². The highest BCUT2D eigenvalue weighted by Gasteiger charge is 2.21. The molecule has 2 amide bonds. The van der Waals surface area contributed by atoms with Crippen molar-refractivity contribution < 1.29 is 9.59 Å². The summed E-state index contributed by atoms with van der Waals surface area (Å²) in [5.41, 5.74) is 5.13. The quantitative estimate of drug-likeness (QED) is 0.687. The van der Waals surface area contributed by atoms with Crippen LogP contribution in [0.3, 0.4) is 0 Å². The maximum absolute atomic E-state index is 11.5. The van der Waals surface area contributed by atoms with Crippen LogP contribution in [0.25, 0.3) is 0 Å². The van der Waals surface area contributed by atoms with Crippen LogP contribution in [0.2, 0.25) is 0 Å². The van der Waals surface area contributed by atoms with Crippen LogP contribution in [0.1, 0.15) is 39.0 Å². The molecule has 5 nitrogen and oxygen atoms in total. The summed E-state index contributed by atoms with van der Waals surface area (Å²) in [6.45, 7) is 1.98. The highest BCUT2D eigenvalue weighted by Crippen LogP contribution is 2.26. The zero-order chi connectivity index (χ0) is 12.7. The molecule has 0 radical (unpaired) electrons. The molecule has 0 heterocycles. The smallest absolute Gasteiger partial charge is 0.239 e. The van der Waals surface area contributed by atoms with E-state index >= 15 is 0 Å². The lowest BCUT2D eigenvalue weighted by molar-refractivity contribution is -0.125. The summed E-state index contributed by atoms with van der Waals surface area (Å²) in [7, 11) is 0. The van der Waals surface area contributed by atoms with Gasteiger partial charge in [0.05, 0.1) is 13.1 Å². The Balaban J connectivity index is 0.00000289. The molecular formula is C12H24ClN3O2. The predicted molar refractivity (Wildman–Crippen MR) is 73.5 cm³/mol. The topological polar surface area (TPSA) is 84.2 Å².